The average Bonchev–Trinajstić information content (AvgIpc) is 3.40. The largest absolute Gasteiger partial charge is 0.453 e. The molecule has 2 aromatic heterocycles. The lowest BCUT2D eigenvalue weighted by molar-refractivity contribution is -0.134. The van der Waals surface area contributed by atoms with Gasteiger partial charge in [-0.25, -0.2) is 8.42 Å². The first-order valence-electron chi connectivity index (χ1n) is 9.72. The third kappa shape index (κ3) is 4.31. The Labute approximate surface area is 168 Å². The fourth-order valence-corrected chi connectivity index (χ4v) is 5.30. The average molecular weight is 417 g/mol. The van der Waals surface area contributed by atoms with E-state index >= 15 is 0 Å². The second-order valence-corrected chi connectivity index (χ2v) is 9.52. The van der Waals surface area contributed by atoms with Crippen molar-refractivity contribution in [1.29, 1.82) is 0 Å². The summed E-state index contributed by atoms with van der Waals surface area (Å²) >= 11 is 0. The Kier molecular flexibility index (Phi) is 5.35. The number of aromatic nitrogens is 4. The van der Waals surface area contributed by atoms with E-state index in [9.17, 15) is 13.2 Å². The first-order valence-corrected chi connectivity index (χ1v) is 11.5. The van der Waals surface area contributed by atoms with Gasteiger partial charge in [0.05, 0.1) is 11.5 Å². The molecule has 29 heavy (non-hydrogen) atoms. The van der Waals surface area contributed by atoms with E-state index in [2.05, 4.69) is 15.4 Å². The number of para-hydroxylation sites is 1. The summed E-state index contributed by atoms with van der Waals surface area (Å²) in [6.45, 7) is 2.47. The summed E-state index contributed by atoms with van der Waals surface area (Å²) in [4.78, 5) is 15.8. The number of carbonyl (C=O) groups excluding carboxylic acids is 1. The standard InChI is InChI=1S/C19H23N5O4S/c1-2-3-9-23(15-8-10-29(26,27)13-15)18(25)12-24-21-19(20-22-24)17-11-14-6-4-5-7-16(14)28-17/h4-7,11,15H,2-3,8-10,12-13H2,1H3. The zero-order valence-electron chi connectivity index (χ0n) is 16.2. The minimum Gasteiger partial charge on any atom is -0.453 e. The highest BCUT2D eigenvalue weighted by Crippen LogP contribution is 2.25. The van der Waals surface area contributed by atoms with Crippen LogP contribution in [0.2, 0.25) is 0 Å². The summed E-state index contributed by atoms with van der Waals surface area (Å²) in [5, 5.41) is 13.2. The molecule has 0 spiro atoms. The van der Waals surface area contributed by atoms with Crippen molar-refractivity contribution in [3.8, 4) is 11.6 Å². The topological polar surface area (TPSA) is 111 Å². The normalized spacial score (nSPS) is 18.3. The van der Waals surface area contributed by atoms with Crippen molar-refractivity contribution in [2.75, 3.05) is 18.1 Å². The summed E-state index contributed by atoms with van der Waals surface area (Å²) in [7, 11) is -3.07. The van der Waals surface area contributed by atoms with Crippen LogP contribution in [0.4, 0.5) is 0 Å². The van der Waals surface area contributed by atoms with Gasteiger partial charge in [0, 0.05) is 18.0 Å². The van der Waals surface area contributed by atoms with Gasteiger partial charge < -0.3 is 9.32 Å². The minimum atomic E-state index is -3.07. The summed E-state index contributed by atoms with van der Waals surface area (Å²) < 4.78 is 29.4. The molecule has 1 aliphatic rings. The van der Waals surface area contributed by atoms with Gasteiger partial charge in [0.1, 0.15) is 12.1 Å². The zero-order valence-corrected chi connectivity index (χ0v) is 17.0. The van der Waals surface area contributed by atoms with Crippen molar-refractivity contribution in [2.45, 2.75) is 38.8 Å². The smallest absolute Gasteiger partial charge is 0.246 e. The van der Waals surface area contributed by atoms with Gasteiger partial charge >= 0.3 is 0 Å². The van der Waals surface area contributed by atoms with E-state index in [0.29, 0.717) is 24.6 Å². The maximum absolute atomic E-state index is 12.9. The van der Waals surface area contributed by atoms with Gasteiger partial charge in [-0.05, 0) is 30.2 Å². The number of unbranched alkanes of at least 4 members (excludes halogenated alkanes) is 1. The van der Waals surface area contributed by atoms with Crippen LogP contribution in [0.3, 0.4) is 0 Å². The van der Waals surface area contributed by atoms with Crippen LogP contribution in [0.5, 0.6) is 0 Å². The molecule has 3 aromatic rings. The van der Waals surface area contributed by atoms with Gasteiger partial charge in [0.2, 0.25) is 11.7 Å². The SMILES string of the molecule is CCCCN(C(=O)Cn1nnc(-c2cc3ccccc3o2)n1)C1CCS(=O)(=O)C1. The Morgan fingerprint density at radius 3 is 2.90 bits per heavy atom. The van der Waals surface area contributed by atoms with Crippen molar-refractivity contribution in [1.82, 2.24) is 25.1 Å². The van der Waals surface area contributed by atoms with Gasteiger partial charge in [0.15, 0.2) is 15.6 Å². The Hall–Kier alpha value is -2.75. The first kappa shape index (κ1) is 19.6. The summed E-state index contributed by atoms with van der Waals surface area (Å²) in [6.07, 6.45) is 2.21. The van der Waals surface area contributed by atoms with Gasteiger partial charge in [-0.1, -0.05) is 31.5 Å². The van der Waals surface area contributed by atoms with E-state index in [1.807, 2.05) is 37.3 Å². The molecular weight excluding hydrogens is 394 g/mol. The molecule has 1 amide bonds. The van der Waals surface area contributed by atoms with Crippen LogP contribution in [0.1, 0.15) is 26.2 Å². The van der Waals surface area contributed by atoms with Gasteiger partial charge in [-0.3, -0.25) is 4.79 Å². The molecule has 1 atom stereocenters. The Bertz CT molecular complexity index is 1090. The molecule has 0 radical (unpaired) electrons. The quantitative estimate of drug-likeness (QED) is 0.577. The number of carbonyl (C=O) groups is 1. The number of amides is 1. The van der Waals surface area contributed by atoms with E-state index in [1.165, 1.54) is 4.80 Å². The lowest BCUT2D eigenvalue weighted by atomic mass is 10.2. The molecule has 10 heteroatoms. The lowest BCUT2D eigenvalue weighted by Gasteiger charge is -2.28. The second kappa shape index (κ2) is 7.94. The highest BCUT2D eigenvalue weighted by Gasteiger charge is 2.34. The van der Waals surface area contributed by atoms with Crippen molar-refractivity contribution in [2.24, 2.45) is 0 Å². The number of tetrazole rings is 1. The maximum atomic E-state index is 12.9. The zero-order chi connectivity index (χ0) is 20.4. The molecule has 1 unspecified atom stereocenters. The molecule has 4 rings (SSSR count). The highest BCUT2D eigenvalue weighted by atomic mass is 32.2. The van der Waals surface area contributed by atoms with Crippen molar-refractivity contribution in [3.05, 3.63) is 30.3 Å². The first-order chi connectivity index (χ1) is 13.9. The number of hydrogen-bond donors (Lipinski definition) is 0. The van der Waals surface area contributed by atoms with Crippen LogP contribution in [0, 0.1) is 0 Å². The van der Waals surface area contributed by atoms with Crippen LogP contribution in [-0.4, -0.2) is 63.5 Å². The molecule has 1 fully saturated rings. The molecule has 0 aliphatic carbocycles. The summed E-state index contributed by atoms with van der Waals surface area (Å²) in [5.74, 6) is 0.740. The maximum Gasteiger partial charge on any atom is 0.246 e. The van der Waals surface area contributed by atoms with Crippen LogP contribution in [0.15, 0.2) is 34.7 Å². The molecule has 154 valence electrons. The summed E-state index contributed by atoms with van der Waals surface area (Å²) in [6, 6.07) is 9.13. The van der Waals surface area contributed by atoms with Crippen LogP contribution < -0.4 is 0 Å². The third-order valence-electron chi connectivity index (χ3n) is 5.10. The second-order valence-electron chi connectivity index (χ2n) is 7.29. The number of nitrogens with zero attached hydrogens (tertiary/aromatic N) is 5. The van der Waals surface area contributed by atoms with E-state index in [1.54, 1.807) is 4.90 Å². The minimum absolute atomic E-state index is 0.0253. The summed E-state index contributed by atoms with van der Waals surface area (Å²) in [5.41, 5.74) is 0.725. The van der Waals surface area contributed by atoms with Crippen LogP contribution in [-0.2, 0) is 21.2 Å². The number of rotatable bonds is 7. The Morgan fingerprint density at radius 2 is 2.17 bits per heavy atom. The third-order valence-corrected chi connectivity index (χ3v) is 6.85. The van der Waals surface area contributed by atoms with Gasteiger partial charge in [-0.15, -0.1) is 10.2 Å². The number of hydrogen-bond acceptors (Lipinski definition) is 7. The Morgan fingerprint density at radius 1 is 1.34 bits per heavy atom. The van der Waals surface area contributed by atoms with Gasteiger partial charge in [0.25, 0.3) is 0 Å². The number of furan rings is 1. The van der Waals surface area contributed by atoms with Crippen LogP contribution in [0.25, 0.3) is 22.6 Å². The Balaban J connectivity index is 1.49. The lowest BCUT2D eigenvalue weighted by Crippen LogP contribution is -2.43. The highest BCUT2D eigenvalue weighted by molar-refractivity contribution is 7.91. The van der Waals surface area contributed by atoms with E-state index in [-0.39, 0.29) is 30.0 Å². The molecule has 9 nitrogen and oxygen atoms in total. The number of sulfone groups is 1. The molecule has 0 saturated carbocycles. The van der Waals surface area contributed by atoms with Crippen molar-refractivity contribution >= 4 is 26.7 Å². The van der Waals surface area contributed by atoms with E-state index in [4.69, 9.17) is 4.42 Å². The van der Waals surface area contributed by atoms with Crippen molar-refractivity contribution in [3.63, 3.8) is 0 Å². The molecule has 1 aromatic carbocycles. The predicted molar refractivity (Wildman–Crippen MR) is 107 cm³/mol. The fraction of sp³-hybridized carbons (Fsp3) is 0.474. The predicted octanol–water partition coefficient (Wildman–Crippen LogP) is 1.90. The molecular formula is C19H23N5O4S. The monoisotopic (exact) mass is 417 g/mol. The number of benzene rings is 1. The van der Waals surface area contributed by atoms with E-state index in [0.717, 1.165) is 23.8 Å². The van der Waals surface area contributed by atoms with Gasteiger partial charge in [-0.2, -0.15) is 4.80 Å². The molecule has 1 saturated heterocycles. The molecule has 0 bridgehead atoms. The van der Waals surface area contributed by atoms with Crippen molar-refractivity contribution < 1.29 is 17.6 Å². The fourth-order valence-electron chi connectivity index (χ4n) is 3.57. The van der Waals surface area contributed by atoms with Crippen LogP contribution >= 0.6 is 0 Å². The molecule has 1 aliphatic heterocycles. The number of fused-ring (bicyclic) bond motifs is 1. The molecule has 3 heterocycles. The van der Waals surface area contributed by atoms with E-state index < -0.39 is 9.84 Å². The molecule has 0 N–H and O–H groups in total.